The third kappa shape index (κ3) is 16.1. The van der Waals surface area contributed by atoms with Crippen LogP contribution < -0.4 is 0 Å². The van der Waals surface area contributed by atoms with Crippen LogP contribution in [0, 0.1) is 11.8 Å². The number of aldehydes is 1. The molecule has 3 aliphatic rings. The number of esters is 4. The topological polar surface area (TPSA) is 215 Å². The molecule has 0 aromatic heterocycles. The number of aliphatic hydroxyl groups excluding tert-OH is 2. The third-order valence-corrected chi connectivity index (χ3v) is 13.1. The number of hydrogen-bond donors (Lipinski definition) is 2. The van der Waals surface area contributed by atoms with Gasteiger partial charge in [0.05, 0.1) is 36.9 Å². The maximum Gasteiger partial charge on any atom is 0.309 e. The summed E-state index contributed by atoms with van der Waals surface area (Å²) in [6.45, 7) is 14.6. The van der Waals surface area contributed by atoms with Crippen LogP contribution in [0.3, 0.4) is 0 Å². The molecule has 3 aliphatic heterocycles. The summed E-state index contributed by atoms with van der Waals surface area (Å²) in [5, 5.41) is 24.1. The molecular weight excluding hydrogens is 885 g/mol. The number of rotatable bonds is 16. The number of cyclic esters (lactones) is 1. The van der Waals surface area contributed by atoms with Gasteiger partial charge in [0.1, 0.15) is 36.8 Å². The van der Waals surface area contributed by atoms with Crippen LogP contribution in [0.1, 0.15) is 106 Å². The van der Waals surface area contributed by atoms with Crippen LogP contribution in [-0.4, -0.2) is 176 Å². The number of carbonyl (C=O) groups excluding carboxylic acids is 5. The summed E-state index contributed by atoms with van der Waals surface area (Å²) >= 11 is 0. The van der Waals surface area contributed by atoms with Gasteiger partial charge < -0.3 is 62.5 Å². The summed E-state index contributed by atoms with van der Waals surface area (Å²) in [4.78, 5) is 68.0. The van der Waals surface area contributed by atoms with Gasteiger partial charge in [-0.15, -0.1) is 0 Å². The number of hydrogen-bond acceptors (Lipinski definition) is 18. The van der Waals surface area contributed by atoms with Crippen molar-refractivity contribution in [2.75, 3.05) is 40.8 Å². The van der Waals surface area contributed by atoms with Gasteiger partial charge in [0, 0.05) is 59.4 Å². The zero-order valence-corrected chi connectivity index (χ0v) is 41.9. The van der Waals surface area contributed by atoms with Crippen LogP contribution in [0.4, 0.5) is 0 Å². The lowest BCUT2D eigenvalue weighted by molar-refractivity contribution is -0.344. The van der Waals surface area contributed by atoms with E-state index in [1.807, 2.05) is 49.4 Å². The molecule has 1 aromatic rings. The molecule has 4 rings (SSSR count). The quantitative estimate of drug-likeness (QED) is 0.135. The normalized spacial score (nSPS) is 36.0. The maximum absolute atomic E-state index is 13.7. The number of aliphatic hydroxyl groups is 2. The van der Waals surface area contributed by atoms with Crippen molar-refractivity contribution in [2.24, 2.45) is 11.8 Å². The van der Waals surface area contributed by atoms with E-state index in [4.69, 9.17) is 42.6 Å². The first kappa shape index (κ1) is 56.7. The van der Waals surface area contributed by atoms with Gasteiger partial charge in [-0.3, -0.25) is 24.1 Å². The van der Waals surface area contributed by atoms with Gasteiger partial charge in [-0.25, -0.2) is 0 Å². The first-order valence-corrected chi connectivity index (χ1v) is 24.1. The molecule has 0 aliphatic carbocycles. The molecule has 18 nitrogen and oxygen atoms in total. The highest BCUT2D eigenvalue weighted by Crippen LogP contribution is 2.39. The highest BCUT2D eigenvalue weighted by molar-refractivity contribution is 5.73. The van der Waals surface area contributed by atoms with Crippen molar-refractivity contribution in [3.05, 3.63) is 42.0 Å². The second-order valence-electron chi connectivity index (χ2n) is 18.9. The van der Waals surface area contributed by atoms with Crippen molar-refractivity contribution < 1.29 is 76.8 Å². The van der Waals surface area contributed by atoms with E-state index in [1.165, 1.54) is 14.0 Å². The molecule has 2 N–H and O–H groups in total. The fourth-order valence-electron chi connectivity index (χ4n) is 9.51. The molecule has 0 spiro atoms. The van der Waals surface area contributed by atoms with E-state index < -0.39 is 127 Å². The molecule has 3 heterocycles. The second kappa shape index (κ2) is 26.9. The highest BCUT2D eigenvalue weighted by Gasteiger charge is 2.54. The predicted molar refractivity (Wildman–Crippen MR) is 248 cm³/mol. The van der Waals surface area contributed by atoms with Gasteiger partial charge in [0.15, 0.2) is 24.3 Å². The molecule has 0 bridgehead atoms. The van der Waals surface area contributed by atoms with Crippen LogP contribution in [0.2, 0.25) is 0 Å². The van der Waals surface area contributed by atoms with Gasteiger partial charge in [-0.1, -0.05) is 63.3 Å². The minimum Gasteiger partial charge on any atom is -0.463 e. The Kier molecular flexibility index (Phi) is 22.5. The van der Waals surface area contributed by atoms with Gasteiger partial charge in [-0.2, -0.15) is 0 Å². The van der Waals surface area contributed by atoms with E-state index in [0.717, 1.165) is 11.8 Å². The lowest BCUT2D eigenvalue weighted by Gasteiger charge is -2.50. The van der Waals surface area contributed by atoms with Crippen molar-refractivity contribution in [1.29, 1.82) is 0 Å². The summed E-state index contributed by atoms with van der Waals surface area (Å²) in [6.07, 6.45) is -7.22. The fraction of sp³-hybridized carbons (Fsp3) is 0.740. The Labute approximate surface area is 402 Å². The third-order valence-electron chi connectivity index (χ3n) is 13.1. The molecule has 0 unspecified atom stereocenters. The van der Waals surface area contributed by atoms with Crippen LogP contribution in [0.5, 0.6) is 0 Å². The lowest BCUT2D eigenvalue weighted by atomic mass is 9.82. The van der Waals surface area contributed by atoms with E-state index >= 15 is 0 Å². The average Bonchev–Trinajstić information content (AvgIpc) is 3.27. The monoisotopic (exact) mass is 963 g/mol. The molecule has 0 radical (unpaired) electrons. The Morgan fingerprint density at radius 3 is 2.24 bits per heavy atom. The van der Waals surface area contributed by atoms with Crippen LogP contribution in [0.25, 0.3) is 6.08 Å². The molecule has 384 valence electrons. The summed E-state index contributed by atoms with van der Waals surface area (Å²) in [5.74, 6) is -3.46. The Morgan fingerprint density at radius 1 is 0.941 bits per heavy atom. The van der Waals surface area contributed by atoms with Gasteiger partial charge >= 0.3 is 23.9 Å². The number of nitrogens with zero attached hydrogens (tertiary/aromatic N) is 2. The van der Waals surface area contributed by atoms with E-state index in [1.54, 1.807) is 60.5 Å². The Morgan fingerprint density at radius 2 is 1.62 bits per heavy atom. The number of benzene rings is 1. The minimum absolute atomic E-state index is 0.0125. The van der Waals surface area contributed by atoms with Crippen molar-refractivity contribution >= 4 is 36.2 Å². The average molecular weight is 963 g/mol. The van der Waals surface area contributed by atoms with Gasteiger partial charge in [-0.05, 0) is 72.0 Å². The molecule has 3 saturated heterocycles. The Hall–Kier alpha value is -3.85. The summed E-state index contributed by atoms with van der Waals surface area (Å²) < 4.78 is 55.5. The standard InChI is InChI=1S/C50H78N2O16/c1-12-39(56)64-38-27-41(58)61-31(4)21-24-52(23-17-20-35-18-15-14-16-19-35)29-37(55)30(3)26-36(22-25-53)46(47(38)60-11)67-49-44(59)43(51(9)10)45(32(5)63-49)66-42-28-50(8,68-34(7)54)48(33(6)62-42)65-40(57)13-2/h14-20,25,30-33,36-38,42-49,55,59H,12-13,21-24,26-29H2,1-11H3/b20-17+/t30-,31-,32-,33+,36+,37+,38-,42+,43-,44-,45-,46+,47+,48+,49+,50-/m1/s1. The van der Waals surface area contributed by atoms with Crippen molar-refractivity contribution in [1.82, 2.24) is 9.80 Å². The number of likely N-dealkylation sites (N-methyl/N-ethyl adjacent to an activating group) is 1. The summed E-state index contributed by atoms with van der Waals surface area (Å²) in [6, 6.07) is 9.03. The molecule has 16 atom stereocenters. The first-order valence-electron chi connectivity index (χ1n) is 24.1. The van der Waals surface area contributed by atoms with E-state index in [0.29, 0.717) is 19.5 Å². The molecular formula is C50H78N2O16. The number of β-amino-alcohol motifs (C(OH)–C–C–N with tert-alkyl or cyclic N) is 1. The highest BCUT2D eigenvalue weighted by atomic mass is 16.7. The smallest absolute Gasteiger partial charge is 0.309 e. The van der Waals surface area contributed by atoms with Crippen molar-refractivity contribution in [3.63, 3.8) is 0 Å². The molecule has 0 saturated carbocycles. The second-order valence-corrected chi connectivity index (χ2v) is 18.9. The largest absolute Gasteiger partial charge is 0.463 e. The fourth-order valence-corrected chi connectivity index (χ4v) is 9.51. The van der Waals surface area contributed by atoms with Crippen molar-refractivity contribution in [3.8, 4) is 0 Å². The van der Waals surface area contributed by atoms with Crippen LogP contribution in [0.15, 0.2) is 36.4 Å². The predicted octanol–water partition coefficient (Wildman–Crippen LogP) is 4.24. The van der Waals surface area contributed by atoms with Crippen LogP contribution in [-0.2, 0) is 66.6 Å². The molecule has 1 aromatic carbocycles. The molecule has 3 fully saturated rings. The zero-order valence-electron chi connectivity index (χ0n) is 41.9. The minimum atomic E-state index is -1.43. The molecule has 68 heavy (non-hydrogen) atoms. The molecule has 0 amide bonds. The zero-order chi connectivity index (χ0) is 50.3. The number of methoxy groups -OCH3 is 1. The van der Waals surface area contributed by atoms with Gasteiger partial charge in [0.2, 0.25) is 0 Å². The number of ether oxygens (including phenoxy) is 9. The van der Waals surface area contributed by atoms with Crippen molar-refractivity contribution in [2.45, 2.75) is 186 Å². The summed E-state index contributed by atoms with van der Waals surface area (Å²) in [7, 11) is 4.88. The Balaban J connectivity index is 1.69. The lowest BCUT2D eigenvalue weighted by Crippen LogP contribution is -2.66. The number of carbonyl (C=O) groups is 5. The Bertz CT molecular complexity index is 1780. The van der Waals surface area contributed by atoms with E-state index in [2.05, 4.69) is 4.90 Å². The van der Waals surface area contributed by atoms with Crippen LogP contribution >= 0.6 is 0 Å². The van der Waals surface area contributed by atoms with Gasteiger partial charge in [0.25, 0.3) is 0 Å². The van der Waals surface area contributed by atoms with E-state index in [-0.39, 0.29) is 38.6 Å². The van der Waals surface area contributed by atoms with E-state index in [9.17, 15) is 34.2 Å². The first-order chi connectivity index (χ1) is 32.2. The SMILES string of the molecule is CCC(=O)O[C@@H]1CC(=O)O[C@H](C)CCN(C/C=C/c2ccccc2)C[C@H](O)[C@H](C)C[C@H](CC=O)[C@H](O[C@@H]2O[C@H](C)[C@@H](O[C@H]3C[C@@](C)(OC(C)=O)[C@@H](OC(=O)CC)[C@H](C)O3)[C@H](N(C)C)[C@H]2O)[C@H]1OC. The molecule has 18 heteroatoms. The summed E-state index contributed by atoms with van der Waals surface area (Å²) in [5.41, 5.74) is -0.298. The maximum atomic E-state index is 13.7.